The molecule has 1 heterocycles. The molecule has 0 aromatic rings. The van der Waals surface area contributed by atoms with Crippen LogP contribution in [0.1, 0.15) is 246 Å². The molecule has 1 aliphatic rings. The van der Waals surface area contributed by atoms with Crippen LogP contribution in [0.15, 0.2) is 0 Å². The van der Waals surface area contributed by atoms with Crippen LogP contribution < -0.4 is 0 Å². The second-order valence-electron chi connectivity index (χ2n) is 17.8. The molecule has 0 aliphatic carbocycles. The number of unbranched alkanes of at least 4 members (excludes halogenated alkanes) is 16. The van der Waals surface area contributed by atoms with Gasteiger partial charge in [0.1, 0.15) is 6.29 Å². The predicted octanol–water partition coefficient (Wildman–Crippen LogP) is 14.4. The maximum absolute atomic E-state index is 12.1. The molecule has 0 bridgehead atoms. The number of aldehydes is 1. The highest BCUT2D eigenvalue weighted by atomic mass is 16.5. The quantitative estimate of drug-likeness (QED) is 0.0344. The molecule has 0 saturated carbocycles. The monoisotopic (exact) mass is 822 g/mol. The van der Waals surface area contributed by atoms with Gasteiger partial charge in [0.05, 0.1) is 19.8 Å². The zero-order chi connectivity index (χ0) is 42.6. The molecule has 0 spiro atoms. The van der Waals surface area contributed by atoms with Gasteiger partial charge in [0.2, 0.25) is 0 Å². The first kappa shape index (κ1) is 56.5. The van der Waals surface area contributed by atoms with Gasteiger partial charge in [-0.2, -0.15) is 0 Å². The Morgan fingerprint density at radius 3 is 1.19 bits per heavy atom. The second kappa shape index (κ2) is 45.1. The molecular weight excluding hydrogens is 723 g/mol. The van der Waals surface area contributed by atoms with E-state index in [0.717, 1.165) is 77.4 Å². The van der Waals surface area contributed by atoms with Crippen LogP contribution in [-0.4, -0.2) is 69.7 Å². The Balaban J connectivity index is 0.00000314. The maximum atomic E-state index is 12.1. The molecule has 7 heteroatoms. The third-order valence-corrected chi connectivity index (χ3v) is 12.4. The molecule has 344 valence electrons. The van der Waals surface area contributed by atoms with Crippen LogP contribution in [0.4, 0.5) is 0 Å². The van der Waals surface area contributed by atoms with E-state index in [1.807, 2.05) is 0 Å². The largest absolute Gasteiger partial charge is 0.466 e. The summed E-state index contributed by atoms with van der Waals surface area (Å²) in [5, 5.41) is 0. The maximum Gasteiger partial charge on any atom is 0.305 e. The summed E-state index contributed by atoms with van der Waals surface area (Å²) in [6.07, 6.45) is 40.4. The minimum Gasteiger partial charge on any atom is -0.466 e. The normalized spacial score (nSPS) is 13.0. The van der Waals surface area contributed by atoms with Gasteiger partial charge >= 0.3 is 11.9 Å². The molecule has 58 heavy (non-hydrogen) atoms. The summed E-state index contributed by atoms with van der Waals surface area (Å²) in [7, 11) is 1.76. The van der Waals surface area contributed by atoms with Crippen molar-refractivity contribution in [3.63, 3.8) is 0 Å². The Labute approximate surface area is 361 Å². The number of nitrogens with zero attached hydrogens (tertiary/aromatic N) is 1. The predicted molar refractivity (Wildman–Crippen MR) is 246 cm³/mol. The SMILES string of the molecule is CCCCC(CCCC)CCOC(=O)CCCCCCCCCC(C=O)CCCCCCCCCC(=O)OCCC(CCCC)CCCC.COCCN1CCCC1. The molecule has 1 fully saturated rings. The number of ether oxygens (including phenoxy) is 3. The zero-order valence-corrected chi connectivity index (χ0v) is 39.5. The number of likely N-dealkylation sites (tertiary alicyclic amines) is 1. The van der Waals surface area contributed by atoms with Crippen molar-refractivity contribution in [2.45, 2.75) is 246 Å². The average molecular weight is 822 g/mol. The van der Waals surface area contributed by atoms with E-state index in [1.165, 1.54) is 161 Å². The Morgan fingerprint density at radius 1 is 0.483 bits per heavy atom. The molecule has 1 rings (SSSR count). The highest BCUT2D eigenvalue weighted by molar-refractivity contribution is 5.69. The van der Waals surface area contributed by atoms with Crippen molar-refractivity contribution in [2.75, 3.05) is 46.6 Å². The summed E-state index contributed by atoms with van der Waals surface area (Å²) in [6.45, 7) is 14.8. The van der Waals surface area contributed by atoms with Crippen LogP contribution in [0.3, 0.4) is 0 Å². The fourth-order valence-corrected chi connectivity index (χ4v) is 8.29. The first-order valence-electron chi connectivity index (χ1n) is 25.4. The molecule has 7 nitrogen and oxygen atoms in total. The summed E-state index contributed by atoms with van der Waals surface area (Å²) in [6, 6.07) is 0. The van der Waals surface area contributed by atoms with Crippen molar-refractivity contribution in [3.05, 3.63) is 0 Å². The van der Waals surface area contributed by atoms with Gasteiger partial charge in [0, 0.05) is 32.4 Å². The van der Waals surface area contributed by atoms with Crippen LogP contribution in [0.2, 0.25) is 0 Å². The minimum atomic E-state index is -0.0159. The number of hydrogen-bond acceptors (Lipinski definition) is 7. The van der Waals surface area contributed by atoms with E-state index >= 15 is 0 Å². The third-order valence-electron chi connectivity index (χ3n) is 12.4. The van der Waals surface area contributed by atoms with E-state index in [1.54, 1.807) is 7.11 Å². The molecule has 0 atom stereocenters. The molecule has 0 aromatic carbocycles. The van der Waals surface area contributed by atoms with Crippen molar-refractivity contribution in [1.82, 2.24) is 4.90 Å². The molecule has 0 aromatic heterocycles. The number of carbonyl (C=O) groups is 3. The number of rotatable bonds is 42. The van der Waals surface area contributed by atoms with E-state index in [2.05, 4.69) is 32.6 Å². The standard InChI is InChI=1S/C44H84O5.C7H15NO/c1-5-9-27-40(28-10-6-2)35-37-48-43(46)33-25-21-17-13-15-19-23-31-42(39-45)32-24-20-16-14-18-22-26-34-44(47)49-38-36-41(29-11-7-3)30-12-8-4;1-9-7-6-8-4-2-3-5-8/h39-42H,5-38H2,1-4H3;2-7H2,1H3. The number of methoxy groups -OCH3 is 1. The average Bonchev–Trinajstić information content (AvgIpc) is 3.76. The van der Waals surface area contributed by atoms with Crippen molar-refractivity contribution in [3.8, 4) is 0 Å². The van der Waals surface area contributed by atoms with Crippen molar-refractivity contribution < 1.29 is 28.6 Å². The molecular formula is C51H99NO6. The van der Waals surface area contributed by atoms with Gasteiger partial charge in [-0.05, 0) is 76.3 Å². The highest BCUT2D eigenvalue weighted by Crippen LogP contribution is 2.22. The van der Waals surface area contributed by atoms with Crippen LogP contribution >= 0.6 is 0 Å². The van der Waals surface area contributed by atoms with Crippen molar-refractivity contribution in [1.29, 1.82) is 0 Å². The Bertz CT molecular complexity index is 805. The van der Waals surface area contributed by atoms with Crippen LogP contribution in [0.5, 0.6) is 0 Å². The minimum absolute atomic E-state index is 0.0159. The summed E-state index contributed by atoms with van der Waals surface area (Å²) >= 11 is 0. The number of hydrogen-bond donors (Lipinski definition) is 0. The third kappa shape index (κ3) is 38.7. The van der Waals surface area contributed by atoms with Crippen LogP contribution in [-0.2, 0) is 28.6 Å². The summed E-state index contributed by atoms with van der Waals surface area (Å²) in [4.78, 5) is 38.3. The first-order chi connectivity index (χ1) is 28.4. The molecule has 0 N–H and O–H groups in total. The Hall–Kier alpha value is -1.47. The lowest BCUT2D eigenvalue weighted by atomic mass is 9.93. The van der Waals surface area contributed by atoms with E-state index in [4.69, 9.17) is 14.2 Å². The van der Waals surface area contributed by atoms with E-state index in [0.29, 0.717) is 37.9 Å². The first-order valence-corrected chi connectivity index (χ1v) is 25.4. The molecule has 0 radical (unpaired) electrons. The lowest BCUT2D eigenvalue weighted by Crippen LogP contribution is -2.23. The smallest absolute Gasteiger partial charge is 0.305 e. The van der Waals surface area contributed by atoms with Gasteiger partial charge in [0.25, 0.3) is 0 Å². The summed E-state index contributed by atoms with van der Waals surface area (Å²) in [5.74, 6) is 1.62. The molecule has 1 aliphatic heterocycles. The van der Waals surface area contributed by atoms with Gasteiger partial charge in [-0.15, -0.1) is 0 Å². The van der Waals surface area contributed by atoms with Gasteiger partial charge in [-0.1, -0.05) is 182 Å². The van der Waals surface area contributed by atoms with E-state index < -0.39 is 0 Å². The fourth-order valence-electron chi connectivity index (χ4n) is 8.29. The molecule has 0 amide bonds. The van der Waals surface area contributed by atoms with E-state index in [-0.39, 0.29) is 17.9 Å². The fraction of sp³-hybridized carbons (Fsp3) is 0.941. The van der Waals surface area contributed by atoms with Crippen molar-refractivity contribution >= 4 is 18.2 Å². The van der Waals surface area contributed by atoms with Gasteiger partial charge in [-0.3, -0.25) is 9.59 Å². The van der Waals surface area contributed by atoms with Crippen molar-refractivity contribution in [2.24, 2.45) is 17.8 Å². The van der Waals surface area contributed by atoms with Gasteiger partial charge < -0.3 is 23.9 Å². The Kier molecular flexibility index (Phi) is 43.9. The molecule has 0 unspecified atom stereocenters. The zero-order valence-electron chi connectivity index (χ0n) is 39.5. The topological polar surface area (TPSA) is 82.1 Å². The van der Waals surface area contributed by atoms with Crippen LogP contribution in [0.25, 0.3) is 0 Å². The number of esters is 2. The lowest BCUT2D eigenvalue weighted by Gasteiger charge is -2.16. The van der Waals surface area contributed by atoms with E-state index in [9.17, 15) is 14.4 Å². The van der Waals surface area contributed by atoms with Gasteiger partial charge in [-0.25, -0.2) is 0 Å². The molecule has 1 saturated heterocycles. The Morgan fingerprint density at radius 2 is 0.845 bits per heavy atom. The number of carbonyl (C=O) groups excluding carboxylic acids is 3. The summed E-state index contributed by atoms with van der Waals surface area (Å²) < 4.78 is 16.0. The van der Waals surface area contributed by atoms with Crippen LogP contribution in [0, 0.1) is 17.8 Å². The second-order valence-corrected chi connectivity index (χ2v) is 17.8. The lowest BCUT2D eigenvalue weighted by molar-refractivity contribution is -0.145. The highest BCUT2D eigenvalue weighted by Gasteiger charge is 2.13. The summed E-state index contributed by atoms with van der Waals surface area (Å²) in [5.41, 5.74) is 0. The van der Waals surface area contributed by atoms with Gasteiger partial charge in [0.15, 0.2) is 0 Å².